The molecule has 3 heterocycles. The molecule has 1 fully saturated rings. The van der Waals surface area contributed by atoms with Crippen LogP contribution >= 0.6 is 39.0 Å². The quantitative estimate of drug-likeness (QED) is 0.528. The molecule has 1 saturated heterocycles. The van der Waals surface area contributed by atoms with Gasteiger partial charge in [-0.25, -0.2) is 0 Å². The molecule has 0 spiro atoms. The molecule has 0 unspecified atom stereocenters. The summed E-state index contributed by atoms with van der Waals surface area (Å²) in [5, 5.41) is 9.88. The lowest BCUT2D eigenvalue weighted by Crippen LogP contribution is -2.28. The van der Waals surface area contributed by atoms with Gasteiger partial charge in [0, 0.05) is 6.08 Å². The monoisotopic (exact) mass is 446 g/mol. The van der Waals surface area contributed by atoms with Crippen LogP contribution in [-0.4, -0.2) is 21.3 Å². The van der Waals surface area contributed by atoms with E-state index in [0.29, 0.717) is 25.6 Å². The first kappa shape index (κ1) is 17.2. The van der Waals surface area contributed by atoms with Gasteiger partial charge < -0.3 is 4.42 Å². The van der Waals surface area contributed by atoms with Crippen LogP contribution in [0, 0.1) is 6.92 Å². The average molecular weight is 447 g/mol. The number of halogens is 1. The number of thioether (sulfide) groups is 1. The maximum atomic E-state index is 13.0. The topological polar surface area (TPSA) is 71.6 Å². The maximum absolute atomic E-state index is 13.0. The first-order chi connectivity index (χ1) is 12.6. The highest BCUT2D eigenvalue weighted by Gasteiger charge is 2.35. The van der Waals surface area contributed by atoms with Crippen molar-refractivity contribution in [2.75, 3.05) is 4.90 Å². The Morgan fingerprint density at radius 3 is 2.65 bits per heavy atom. The van der Waals surface area contributed by atoms with Crippen molar-refractivity contribution >= 4 is 67.0 Å². The molecule has 6 nitrogen and oxygen atoms in total. The third kappa shape index (κ3) is 3.50. The Hall–Kier alpha value is -2.23. The minimum Gasteiger partial charge on any atom is -0.450 e. The number of nitrogens with zero attached hydrogens (tertiary/aromatic N) is 4. The summed E-state index contributed by atoms with van der Waals surface area (Å²) in [6.45, 7) is 1.86. The molecule has 26 heavy (non-hydrogen) atoms. The molecule has 9 heteroatoms. The number of hydrogen-bond acceptors (Lipinski definition) is 7. The van der Waals surface area contributed by atoms with Crippen LogP contribution in [0.2, 0.25) is 0 Å². The van der Waals surface area contributed by atoms with Gasteiger partial charge >= 0.3 is 0 Å². The first-order valence-electron chi connectivity index (χ1n) is 7.53. The number of amidine groups is 1. The molecule has 0 radical (unpaired) electrons. The van der Waals surface area contributed by atoms with Gasteiger partial charge in [-0.15, -0.1) is 10.2 Å². The zero-order valence-corrected chi connectivity index (χ0v) is 16.6. The number of amides is 1. The van der Waals surface area contributed by atoms with Gasteiger partial charge in [0.1, 0.15) is 10.8 Å². The van der Waals surface area contributed by atoms with Gasteiger partial charge in [-0.3, -0.25) is 9.69 Å². The minimum absolute atomic E-state index is 0.159. The normalized spacial score (nSPS) is 17.6. The van der Waals surface area contributed by atoms with Crippen molar-refractivity contribution < 1.29 is 9.21 Å². The van der Waals surface area contributed by atoms with E-state index in [2.05, 4.69) is 31.1 Å². The van der Waals surface area contributed by atoms with E-state index in [0.717, 1.165) is 10.7 Å². The number of carbonyl (C=O) groups is 1. The summed E-state index contributed by atoms with van der Waals surface area (Å²) in [5.41, 5.74) is 0.744. The van der Waals surface area contributed by atoms with Crippen molar-refractivity contribution in [2.45, 2.75) is 6.92 Å². The highest BCUT2D eigenvalue weighted by Crippen LogP contribution is 2.37. The molecular weight excluding hydrogens is 436 g/mol. The molecule has 130 valence electrons. The van der Waals surface area contributed by atoms with Crippen molar-refractivity contribution in [2.24, 2.45) is 4.99 Å². The number of aliphatic imine (C=N–C) groups is 1. The van der Waals surface area contributed by atoms with Crippen LogP contribution in [0.15, 0.2) is 61.4 Å². The predicted molar refractivity (Wildman–Crippen MR) is 108 cm³/mol. The maximum Gasteiger partial charge on any atom is 0.271 e. The van der Waals surface area contributed by atoms with Gasteiger partial charge in [0.25, 0.3) is 5.91 Å². The molecule has 1 aromatic carbocycles. The van der Waals surface area contributed by atoms with Gasteiger partial charge in [0.15, 0.2) is 9.84 Å². The smallest absolute Gasteiger partial charge is 0.271 e. The van der Waals surface area contributed by atoms with Crippen molar-refractivity contribution in [3.63, 3.8) is 0 Å². The van der Waals surface area contributed by atoms with Crippen LogP contribution < -0.4 is 4.90 Å². The van der Waals surface area contributed by atoms with Crippen molar-refractivity contribution in [1.29, 1.82) is 0 Å². The molecular formula is C17H11BrN4O2S2. The number of aryl methyl sites for hydroxylation is 1. The van der Waals surface area contributed by atoms with Crippen molar-refractivity contribution in [3.05, 3.63) is 62.8 Å². The highest BCUT2D eigenvalue weighted by molar-refractivity contribution is 9.10. The Morgan fingerprint density at radius 2 is 2.00 bits per heavy atom. The number of aromatic nitrogens is 2. The molecule has 2 aromatic heterocycles. The van der Waals surface area contributed by atoms with Crippen LogP contribution in [0.25, 0.3) is 6.08 Å². The van der Waals surface area contributed by atoms with E-state index in [9.17, 15) is 4.79 Å². The summed E-state index contributed by atoms with van der Waals surface area (Å²) in [6, 6.07) is 13.0. The number of para-hydroxylation sites is 1. The summed E-state index contributed by atoms with van der Waals surface area (Å²) >= 11 is 5.93. The van der Waals surface area contributed by atoms with E-state index in [4.69, 9.17) is 4.42 Å². The largest absolute Gasteiger partial charge is 0.450 e. The molecule has 0 N–H and O–H groups in total. The SMILES string of the molecule is Cc1nnc(/N=C2/S/C(=C/c3ccc(Br)o3)C(=O)N2c2ccccc2)s1. The summed E-state index contributed by atoms with van der Waals surface area (Å²) in [7, 11) is 0. The molecule has 1 amide bonds. The molecule has 0 atom stereocenters. The Balaban J connectivity index is 1.76. The number of anilines is 1. The summed E-state index contributed by atoms with van der Waals surface area (Å²) in [5.74, 6) is 0.433. The molecule has 1 aliphatic heterocycles. The second-order valence-corrected chi connectivity index (χ2v) is 8.18. The standard InChI is InChI=1S/C17H11BrN4O2S2/c1-10-20-21-16(25-10)19-17-22(11-5-3-2-4-6-11)15(23)13(26-17)9-12-7-8-14(18)24-12/h2-9H,1H3/b13-9+,19-17+. The molecule has 0 aliphatic carbocycles. The van der Waals surface area contributed by atoms with Crippen molar-refractivity contribution in [1.82, 2.24) is 10.2 Å². The second-order valence-electron chi connectivity index (χ2n) is 5.23. The molecule has 0 saturated carbocycles. The van der Waals surface area contributed by atoms with Crippen molar-refractivity contribution in [3.8, 4) is 0 Å². The van der Waals surface area contributed by atoms with Gasteiger partial charge in [-0.1, -0.05) is 29.5 Å². The Morgan fingerprint density at radius 1 is 1.19 bits per heavy atom. The van der Waals surface area contributed by atoms with E-state index in [1.807, 2.05) is 37.3 Å². The number of carbonyl (C=O) groups excluding carboxylic acids is 1. The lowest BCUT2D eigenvalue weighted by molar-refractivity contribution is -0.113. The number of furan rings is 1. The van der Waals surface area contributed by atoms with E-state index in [1.54, 1.807) is 23.1 Å². The van der Waals surface area contributed by atoms with Crippen LogP contribution in [0.5, 0.6) is 0 Å². The second kappa shape index (κ2) is 7.18. The fourth-order valence-corrected chi connectivity index (χ4v) is 4.20. The van der Waals surface area contributed by atoms with E-state index < -0.39 is 0 Å². The average Bonchev–Trinajstić information content (AvgIpc) is 3.30. The molecule has 0 bridgehead atoms. The predicted octanol–water partition coefficient (Wildman–Crippen LogP) is 5.01. The zero-order valence-electron chi connectivity index (χ0n) is 13.4. The number of benzene rings is 1. The Kier molecular flexibility index (Phi) is 4.75. The number of hydrogen-bond donors (Lipinski definition) is 0. The van der Waals surface area contributed by atoms with Gasteiger partial charge in [0.2, 0.25) is 5.13 Å². The lowest BCUT2D eigenvalue weighted by Gasteiger charge is -2.14. The van der Waals surface area contributed by atoms with E-state index in [-0.39, 0.29) is 5.91 Å². The Bertz CT molecular complexity index is 1030. The third-order valence-corrected chi connectivity index (χ3v) is 5.52. The van der Waals surface area contributed by atoms with Gasteiger partial charge in [-0.2, -0.15) is 4.99 Å². The molecule has 3 aromatic rings. The van der Waals surface area contributed by atoms with Gasteiger partial charge in [-0.05, 0) is 58.9 Å². The molecule has 1 aliphatic rings. The van der Waals surface area contributed by atoms with E-state index >= 15 is 0 Å². The summed E-state index contributed by atoms with van der Waals surface area (Å²) < 4.78 is 6.10. The van der Waals surface area contributed by atoms with Crippen LogP contribution in [0.1, 0.15) is 10.8 Å². The van der Waals surface area contributed by atoms with Crippen LogP contribution in [0.3, 0.4) is 0 Å². The zero-order chi connectivity index (χ0) is 18.1. The first-order valence-corrected chi connectivity index (χ1v) is 9.96. The highest BCUT2D eigenvalue weighted by atomic mass is 79.9. The van der Waals surface area contributed by atoms with E-state index in [1.165, 1.54) is 23.1 Å². The minimum atomic E-state index is -0.159. The van der Waals surface area contributed by atoms with Gasteiger partial charge in [0.05, 0.1) is 10.6 Å². The number of rotatable bonds is 3. The lowest BCUT2D eigenvalue weighted by atomic mass is 10.3. The fraction of sp³-hybridized carbons (Fsp3) is 0.0588. The molecule has 4 rings (SSSR count). The summed E-state index contributed by atoms with van der Waals surface area (Å²) in [4.78, 5) is 19.6. The third-order valence-electron chi connectivity index (χ3n) is 3.39. The Labute approximate surface area is 165 Å². The van der Waals surface area contributed by atoms with Crippen LogP contribution in [0.4, 0.5) is 10.8 Å². The van der Waals surface area contributed by atoms with Crippen LogP contribution in [-0.2, 0) is 4.79 Å². The summed E-state index contributed by atoms with van der Waals surface area (Å²) in [6.07, 6.45) is 1.71. The fourth-order valence-electron chi connectivity index (χ4n) is 2.30.